The van der Waals surface area contributed by atoms with Crippen molar-refractivity contribution in [1.82, 2.24) is 15.1 Å². The predicted molar refractivity (Wildman–Crippen MR) is 88.9 cm³/mol. The highest BCUT2D eigenvalue weighted by atomic mass is 35.5. The molecule has 1 fully saturated rings. The van der Waals surface area contributed by atoms with Gasteiger partial charge in [0.1, 0.15) is 0 Å². The van der Waals surface area contributed by atoms with Crippen molar-refractivity contribution >= 4 is 28.8 Å². The molecule has 0 unspecified atom stereocenters. The summed E-state index contributed by atoms with van der Waals surface area (Å²) in [4.78, 5) is 17.7. The van der Waals surface area contributed by atoms with Crippen molar-refractivity contribution in [3.8, 4) is 0 Å². The average Bonchev–Trinajstić information content (AvgIpc) is 2.71. The van der Waals surface area contributed by atoms with Crippen LogP contribution in [0.25, 0.3) is 0 Å². The van der Waals surface area contributed by atoms with Crippen LogP contribution in [-0.2, 0) is 11.3 Å². The Balaban J connectivity index is 1.92. The molecule has 1 aliphatic heterocycles. The molecule has 0 radical (unpaired) electrons. The summed E-state index contributed by atoms with van der Waals surface area (Å²) in [5, 5.41) is 3.35. The first kappa shape index (κ1) is 16.5. The minimum atomic E-state index is 0.154. The Bertz CT molecular complexity index is 469. The van der Waals surface area contributed by atoms with E-state index in [0.29, 0.717) is 19.6 Å². The third-order valence-electron chi connectivity index (χ3n) is 3.47. The Labute approximate surface area is 135 Å². The molecule has 2 rings (SSSR count). The summed E-state index contributed by atoms with van der Waals surface area (Å²) in [5.41, 5.74) is 0. The summed E-state index contributed by atoms with van der Waals surface area (Å²) < 4.78 is 0.759. The first-order valence-electron chi connectivity index (χ1n) is 7.25. The Hall–Kier alpha value is -0.880. The van der Waals surface area contributed by atoms with Crippen LogP contribution < -0.4 is 5.32 Å². The number of hydrogen-bond donors (Lipinski definition) is 1. The van der Waals surface area contributed by atoms with Gasteiger partial charge in [-0.3, -0.25) is 9.69 Å². The van der Waals surface area contributed by atoms with E-state index in [1.54, 1.807) is 6.08 Å². The summed E-state index contributed by atoms with van der Waals surface area (Å²) >= 11 is 7.48. The maximum Gasteiger partial charge on any atom is 0.237 e. The van der Waals surface area contributed by atoms with E-state index < -0.39 is 0 Å². The number of rotatable bonds is 6. The molecule has 1 amide bonds. The van der Waals surface area contributed by atoms with Gasteiger partial charge in [-0.2, -0.15) is 0 Å². The van der Waals surface area contributed by atoms with Crippen molar-refractivity contribution in [2.24, 2.45) is 0 Å². The minimum Gasteiger partial charge on any atom is -0.333 e. The Kier molecular flexibility index (Phi) is 6.70. The predicted octanol–water partition coefficient (Wildman–Crippen LogP) is 2.21. The fourth-order valence-corrected chi connectivity index (χ4v) is 3.49. The molecule has 0 spiro atoms. The van der Waals surface area contributed by atoms with E-state index in [-0.39, 0.29) is 5.91 Å². The van der Waals surface area contributed by atoms with Crippen molar-refractivity contribution < 1.29 is 4.79 Å². The summed E-state index contributed by atoms with van der Waals surface area (Å²) in [7, 11) is 0. The van der Waals surface area contributed by atoms with Gasteiger partial charge in [0.25, 0.3) is 0 Å². The number of hydrogen-bond acceptors (Lipinski definition) is 4. The van der Waals surface area contributed by atoms with E-state index in [0.717, 1.165) is 41.8 Å². The van der Waals surface area contributed by atoms with Crippen LogP contribution in [0.15, 0.2) is 24.8 Å². The van der Waals surface area contributed by atoms with E-state index in [2.05, 4.69) is 16.8 Å². The molecule has 1 saturated heterocycles. The number of carbonyl (C=O) groups excluding carboxylic acids is 1. The maximum atomic E-state index is 12.5. The lowest BCUT2D eigenvalue weighted by Gasteiger charge is -2.25. The second-order valence-corrected chi connectivity index (χ2v) is 6.95. The van der Waals surface area contributed by atoms with Crippen LogP contribution in [0.3, 0.4) is 0 Å². The standard InChI is InChI=1S/C15H22ClN3OS/c1-2-8-19(11-13-4-5-14(16)21-13)15(20)12-18-9-3-6-17-7-10-18/h2,4-5,17H,1,3,6-12H2. The van der Waals surface area contributed by atoms with Crippen LogP contribution in [0.4, 0.5) is 0 Å². The number of carbonyl (C=O) groups is 1. The molecule has 116 valence electrons. The van der Waals surface area contributed by atoms with Crippen LogP contribution in [0.5, 0.6) is 0 Å². The van der Waals surface area contributed by atoms with Crippen molar-refractivity contribution in [3.05, 3.63) is 34.0 Å². The van der Waals surface area contributed by atoms with Crippen molar-refractivity contribution in [1.29, 1.82) is 0 Å². The summed E-state index contributed by atoms with van der Waals surface area (Å²) in [6, 6.07) is 3.85. The fourth-order valence-electron chi connectivity index (χ4n) is 2.39. The smallest absolute Gasteiger partial charge is 0.237 e. The second kappa shape index (κ2) is 8.54. The average molecular weight is 328 g/mol. The zero-order chi connectivity index (χ0) is 15.1. The van der Waals surface area contributed by atoms with E-state index in [1.165, 1.54) is 11.3 Å². The highest BCUT2D eigenvalue weighted by molar-refractivity contribution is 7.16. The number of thiophene rings is 1. The van der Waals surface area contributed by atoms with Gasteiger partial charge in [-0.1, -0.05) is 17.7 Å². The van der Waals surface area contributed by atoms with E-state index in [1.807, 2.05) is 17.0 Å². The van der Waals surface area contributed by atoms with Crippen molar-refractivity contribution in [2.45, 2.75) is 13.0 Å². The normalized spacial score (nSPS) is 16.4. The monoisotopic (exact) mass is 327 g/mol. The van der Waals surface area contributed by atoms with Crippen molar-refractivity contribution in [2.75, 3.05) is 39.3 Å². The van der Waals surface area contributed by atoms with E-state index in [9.17, 15) is 4.79 Å². The number of nitrogens with zero attached hydrogens (tertiary/aromatic N) is 2. The molecule has 1 aromatic heterocycles. The molecule has 1 aromatic rings. The van der Waals surface area contributed by atoms with Gasteiger partial charge in [0.15, 0.2) is 0 Å². The van der Waals surface area contributed by atoms with Crippen LogP contribution in [0, 0.1) is 0 Å². The molecular formula is C15H22ClN3OS. The number of halogens is 1. The summed E-state index contributed by atoms with van der Waals surface area (Å²) in [6.45, 7) is 9.30. The maximum absolute atomic E-state index is 12.5. The topological polar surface area (TPSA) is 35.6 Å². The van der Waals surface area contributed by atoms with Gasteiger partial charge in [0.05, 0.1) is 17.4 Å². The molecule has 6 heteroatoms. The fraction of sp³-hybridized carbons (Fsp3) is 0.533. The lowest BCUT2D eigenvalue weighted by atomic mass is 10.3. The molecule has 21 heavy (non-hydrogen) atoms. The quantitative estimate of drug-likeness (QED) is 0.814. The summed E-state index contributed by atoms with van der Waals surface area (Å²) in [6.07, 6.45) is 2.87. The molecule has 0 saturated carbocycles. The number of nitrogens with one attached hydrogen (secondary N) is 1. The van der Waals surface area contributed by atoms with E-state index in [4.69, 9.17) is 11.6 Å². The zero-order valence-electron chi connectivity index (χ0n) is 12.2. The lowest BCUT2D eigenvalue weighted by molar-refractivity contribution is -0.132. The van der Waals surface area contributed by atoms with Gasteiger partial charge in [0.2, 0.25) is 5.91 Å². The first-order valence-corrected chi connectivity index (χ1v) is 8.44. The van der Waals surface area contributed by atoms with Crippen molar-refractivity contribution in [3.63, 3.8) is 0 Å². The Morgan fingerprint density at radius 2 is 2.33 bits per heavy atom. The SMILES string of the molecule is C=CCN(Cc1ccc(Cl)s1)C(=O)CN1CCCNCC1. The number of amides is 1. The molecule has 0 atom stereocenters. The molecule has 4 nitrogen and oxygen atoms in total. The molecule has 0 bridgehead atoms. The largest absolute Gasteiger partial charge is 0.333 e. The third kappa shape index (κ3) is 5.43. The van der Waals surface area contributed by atoms with Crippen LogP contribution >= 0.6 is 22.9 Å². The highest BCUT2D eigenvalue weighted by Crippen LogP contribution is 2.22. The Morgan fingerprint density at radius 3 is 3.05 bits per heavy atom. The zero-order valence-corrected chi connectivity index (χ0v) is 13.8. The van der Waals surface area contributed by atoms with Crippen LogP contribution in [0.2, 0.25) is 4.34 Å². The third-order valence-corrected chi connectivity index (χ3v) is 4.69. The van der Waals surface area contributed by atoms with Gasteiger partial charge >= 0.3 is 0 Å². The Morgan fingerprint density at radius 1 is 1.48 bits per heavy atom. The molecule has 0 aromatic carbocycles. The van der Waals surface area contributed by atoms with Gasteiger partial charge in [-0.25, -0.2) is 0 Å². The van der Waals surface area contributed by atoms with Gasteiger partial charge in [-0.15, -0.1) is 17.9 Å². The second-order valence-electron chi connectivity index (χ2n) is 5.15. The molecule has 1 N–H and O–H groups in total. The molecule has 2 heterocycles. The van der Waals surface area contributed by atoms with Gasteiger partial charge < -0.3 is 10.2 Å². The van der Waals surface area contributed by atoms with E-state index >= 15 is 0 Å². The molecule has 0 aliphatic carbocycles. The molecular weight excluding hydrogens is 306 g/mol. The van der Waals surface area contributed by atoms with Gasteiger partial charge in [-0.05, 0) is 31.6 Å². The van der Waals surface area contributed by atoms with Crippen LogP contribution in [-0.4, -0.2) is 55.0 Å². The minimum absolute atomic E-state index is 0.154. The van der Waals surface area contributed by atoms with Gasteiger partial charge in [0, 0.05) is 24.5 Å². The highest BCUT2D eigenvalue weighted by Gasteiger charge is 2.18. The molecule has 1 aliphatic rings. The first-order chi connectivity index (χ1) is 10.2. The summed E-state index contributed by atoms with van der Waals surface area (Å²) in [5.74, 6) is 0.154. The lowest BCUT2D eigenvalue weighted by Crippen LogP contribution is -2.41. The van der Waals surface area contributed by atoms with Crippen LogP contribution in [0.1, 0.15) is 11.3 Å².